The van der Waals surface area contributed by atoms with Crippen LogP contribution in [0.3, 0.4) is 0 Å². The lowest BCUT2D eigenvalue weighted by atomic mass is 10.2. The van der Waals surface area contributed by atoms with Crippen molar-refractivity contribution in [1.29, 1.82) is 0 Å². The van der Waals surface area contributed by atoms with Crippen molar-refractivity contribution in [3.05, 3.63) is 29.8 Å². The van der Waals surface area contributed by atoms with Gasteiger partial charge in [-0.15, -0.1) is 0 Å². The van der Waals surface area contributed by atoms with E-state index in [4.69, 9.17) is 0 Å². The summed E-state index contributed by atoms with van der Waals surface area (Å²) in [6.45, 7) is 3.38. The van der Waals surface area contributed by atoms with Crippen molar-refractivity contribution in [3.63, 3.8) is 0 Å². The van der Waals surface area contributed by atoms with E-state index in [-0.39, 0.29) is 30.6 Å². The summed E-state index contributed by atoms with van der Waals surface area (Å²) in [5.41, 5.74) is -0.748. The first-order chi connectivity index (χ1) is 10.4. The van der Waals surface area contributed by atoms with Gasteiger partial charge in [0.2, 0.25) is 15.9 Å². The van der Waals surface area contributed by atoms with Gasteiger partial charge in [-0.3, -0.25) is 9.10 Å². The number of carbonyl (C=O) groups excluding carboxylic acids is 1. The van der Waals surface area contributed by atoms with Crippen molar-refractivity contribution >= 4 is 21.6 Å². The molecule has 0 aliphatic heterocycles. The van der Waals surface area contributed by atoms with Crippen LogP contribution in [0.25, 0.3) is 0 Å². The van der Waals surface area contributed by atoms with Gasteiger partial charge in [0.05, 0.1) is 24.1 Å². The minimum atomic E-state index is -4.49. The maximum atomic E-state index is 12.5. The van der Waals surface area contributed by atoms with Gasteiger partial charge in [0.1, 0.15) is 0 Å². The third-order valence-electron chi connectivity index (χ3n) is 3.02. The molecule has 23 heavy (non-hydrogen) atoms. The van der Waals surface area contributed by atoms with Crippen LogP contribution < -0.4 is 9.62 Å². The fraction of sp³-hybridized carbons (Fsp3) is 0.500. The van der Waals surface area contributed by atoms with Crippen LogP contribution in [0.1, 0.15) is 19.4 Å². The first-order valence-electron chi connectivity index (χ1n) is 6.85. The SMILES string of the molecule is CC(C)C(=O)NCCN(c1ccc(C(F)(F)F)cc1)S(C)(=O)=O. The highest BCUT2D eigenvalue weighted by Gasteiger charge is 2.30. The maximum Gasteiger partial charge on any atom is 0.416 e. The van der Waals surface area contributed by atoms with E-state index in [1.54, 1.807) is 13.8 Å². The lowest BCUT2D eigenvalue weighted by molar-refractivity contribution is -0.137. The van der Waals surface area contributed by atoms with E-state index in [9.17, 15) is 26.4 Å². The molecular weight excluding hydrogens is 333 g/mol. The summed E-state index contributed by atoms with van der Waals surface area (Å²) in [5.74, 6) is -0.473. The molecule has 0 heterocycles. The Bertz CT molecular complexity index is 640. The molecule has 0 unspecified atom stereocenters. The lowest BCUT2D eigenvalue weighted by Crippen LogP contribution is -2.39. The Morgan fingerprint density at radius 1 is 1.22 bits per heavy atom. The summed E-state index contributed by atoms with van der Waals surface area (Å²) < 4.78 is 62.2. The summed E-state index contributed by atoms with van der Waals surface area (Å²) in [5, 5.41) is 2.57. The minimum absolute atomic E-state index is 0.0606. The molecule has 0 aliphatic carbocycles. The zero-order chi connectivity index (χ0) is 17.8. The Morgan fingerprint density at radius 2 is 1.74 bits per heavy atom. The number of benzene rings is 1. The molecule has 130 valence electrons. The van der Waals surface area contributed by atoms with Crippen molar-refractivity contribution < 1.29 is 26.4 Å². The van der Waals surface area contributed by atoms with Gasteiger partial charge in [-0.1, -0.05) is 13.8 Å². The number of hydrogen-bond acceptors (Lipinski definition) is 3. The number of carbonyl (C=O) groups is 1. The van der Waals surface area contributed by atoms with E-state index < -0.39 is 21.8 Å². The van der Waals surface area contributed by atoms with Gasteiger partial charge in [0.15, 0.2) is 0 Å². The highest BCUT2D eigenvalue weighted by molar-refractivity contribution is 7.92. The Balaban J connectivity index is 2.89. The standard InChI is InChI=1S/C14H19F3N2O3S/c1-10(2)13(20)18-8-9-19(23(3,21)22)12-6-4-11(5-7-12)14(15,16)17/h4-7,10H,8-9H2,1-3H3,(H,18,20). The van der Waals surface area contributed by atoms with E-state index in [0.717, 1.165) is 34.8 Å². The van der Waals surface area contributed by atoms with Crippen LogP contribution >= 0.6 is 0 Å². The van der Waals surface area contributed by atoms with Crippen LogP contribution in [-0.4, -0.2) is 33.7 Å². The third kappa shape index (κ3) is 5.74. The Morgan fingerprint density at radius 3 is 2.13 bits per heavy atom. The summed E-state index contributed by atoms with van der Waals surface area (Å²) in [4.78, 5) is 11.5. The van der Waals surface area contributed by atoms with Crippen LogP contribution in [0.15, 0.2) is 24.3 Å². The number of sulfonamides is 1. The molecule has 0 bridgehead atoms. The van der Waals surface area contributed by atoms with Crippen molar-refractivity contribution in [1.82, 2.24) is 5.32 Å². The van der Waals surface area contributed by atoms with Crippen molar-refractivity contribution in [2.75, 3.05) is 23.7 Å². The number of hydrogen-bond donors (Lipinski definition) is 1. The zero-order valence-corrected chi connectivity index (χ0v) is 13.8. The summed E-state index contributed by atoms with van der Waals surface area (Å²) in [7, 11) is -3.68. The quantitative estimate of drug-likeness (QED) is 0.854. The van der Waals surface area contributed by atoms with Crippen molar-refractivity contribution in [3.8, 4) is 0 Å². The summed E-state index contributed by atoms with van der Waals surface area (Å²) >= 11 is 0. The predicted octanol–water partition coefficient (Wildman–Crippen LogP) is 2.24. The second-order valence-corrected chi connectivity index (χ2v) is 7.23. The predicted molar refractivity (Wildman–Crippen MR) is 81.5 cm³/mol. The van der Waals surface area contributed by atoms with E-state index in [1.165, 1.54) is 0 Å². The topological polar surface area (TPSA) is 66.5 Å². The molecule has 0 aromatic heterocycles. The average molecular weight is 352 g/mol. The molecule has 1 amide bonds. The fourth-order valence-electron chi connectivity index (χ4n) is 1.79. The molecule has 5 nitrogen and oxygen atoms in total. The molecule has 1 aromatic carbocycles. The molecule has 1 N–H and O–H groups in total. The van der Waals surface area contributed by atoms with Crippen LogP contribution in [0, 0.1) is 5.92 Å². The Labute approximate surface area is 133 Å². The van der Waals surface area contributed by atoms with Crippen LogP contribution in [-0.2, 0) is 21.0 Å². The number of nitrogens with zero attached hydrogens (tertiary/aromatic N) is 1. The molecule has 0 aliphatic rings. The average Bonchev–Trinajstić information content (AvgIpc) is 2.41. The largest absolute Gasteiger partial charge is 0.416 e. The highest BCUT2D eigenvalue weighted by Crippen LogP contribution is 2.30. The summed E-state index contributed by atoms with van der Waals surface area (Å²) in [6, 6.07) is 3.82. The number of nitrogens with one attached hydrogen (secondary N) is 1. The van der Waals surface area contributed by atoms with Gasteiger partial charge in [-0.05, 0) is 24.3 Å². The van der Waals surface area contributed by atoms with Crippen molar-refractivity contribution in [2.45, 2.75) is 20.0 Å². The third-order valence-corrected chi connectivity index (χ3v) is 4.22. The van der Waals surface area contributed by atoms with Gasteiger partial charge in [0.25, 0.3) is 0 Å². The van der Waals surface area contributed by atoms with E-state index in [0.29, 0.717) is 0 Å². The van der Waals surface area contributed by atoms with Gasteiger partial charge in [0, 0.05) is 12.5 Å². The van der Waals surface area contributed by atoms with Gasteiger partial charge < -0.3 is 5.32 Å². The van der Waals surface area contributed by atoms with E-state index in [2.05, 4.69) is 5.32 Å². The molecule has 0 radical (unpaired) electrons. The number of rotatable bonds is 6. The first kappa shape index (κ1) is 19.3. The molecule has 0 saturated carbocycles. The fourth-order valence-corrected chi connectivity index (χ4v) is 2.72. The molecular formula is C14H19F3N2O3S. The number of amides is 1. The number of halogens is 3. The Kier molecular flexibility index (Phi) is 6.04. The molecule has 1 aromatic rings. The Hall–Kier alpha value is -1.77. The maximum absolute atomic E-state index is 12.5. The second-order valence-electron chi connectivity index (χ2n) is 5.33. The molecule has 0 fully saturated rings. The molecule has 1 rings (SSSR count). The van der Waals surface area contributed by atoms with E-state index >= 15 is 0 Å². The van der Waals surface area contributed by atoms with Gasteiger partial charge in [-0.25, -0.2) is 8.42 Å². The normalized spacial score (nSPS) is 12.3. The van der Waals surface area contributed by atoms with Gasteiger partial charge in [-0.2, -0.15) is 13.2 Å². The molecule has 0 atom stereocenters. The minimum Gasteiger partial charge on any atom is -0.354 e. The molecule has 0 spiro atoms. The van der Waals surface area contributed by atoms with Crippen LogP contribution in [0.5, 0.6) is 0 Å². The smallest absolute Gasteiger partial charge is 0.354 e. The number of alkyl halides is 3. The first-order valence-corrected chi connectivity index (χ1v) is 8.70. The zero-order valence-electron chi connectivity index (χ0n) is 13.0. The van der Waals surface area contributed by atoms with Crippen LogP contribution in [0.2, 0.25) is 0 Å². The second kappa shape index (κ2) is 7.20. The van der Waals surface area contributed by atoms with E-state index in [1.807, 2.05) is 0 Å². The lowest BCUT2D eigenvalue weighted by Gasteiger charge is -2.23. The summed E-state index contributed by atoms with van der Waals surface area (Å²) in [6.07, 6.45) is -3.53. The number of anilines is 1. The monoisotopic (exact) mass is 352 g/mol. The van der Waals surface area contributed by atoms with Gasteiger partial charge >= 0.3 is 6.18 Å². The molecule has 9 heteroatoms. The van der Waals surface area contributed by atoms with Crippen molar-refractivity contribution in [2.24, 2.45) is 5.92 Å². The molecule has 0 saturated heterocycles. The van der Waals surface area contributed by atoms with Crippen LogP contribution in [0.4, 0.5) is 18.9 Å². The highest BCUT2D eigenvalue weighted by atomic mass is 32.2.